The highest BCUT2D eigenvalue weighted by Crippen LogP contribution is 2.26. The van der Waals surface area contributed by atoms with Crippen molar-refractivity contribution in [1.82, 2.24) is 4.31 Å². The Balaban J connectivity index is 2.05. The number of hydrogen-bond donors (Lipinski definition) is 1. The molecule has 0 spiro atoms. The normalized spacial score (nSPS) is 11.4. The van der Waals surface area contributed by atoms with Crippen molar-refractivity contribution in [3.8, 4) is 0 Å². The van der Waals surface area contributed by atoms with Crippen molar-refractivity contribution in [3.05, 3.63) is 58.1 Å². The van der Waals surface area contributed by atoms with Crippen molar-refractivity contribution >= 4 is 39.2 Å². The predicted octanol–water partition coefficient (Wildman–Crippen LogP) is 3.00. The number of carbonyl (C=O) groups is 2. The van der Waals surface area contributed by atoms with Crippen LogP contribution >= 0.6 is 11.6 Å². The first-order chi connectivity index (χ1) is 13.0. The van der Waals surface area contributed by atoms with E-state index in [0.29, 0.717) is 5.56 Å². The molecule has 0 aliphatic heterocycles. The third kappa shape index (κ3) is 5.09. The van der Waals surface area contributed by atoms with Crippen molar-refractivity contribution in [2.45, 2.75) is 18.7 Å². The molecular weight excluding hydrogens is 404 g/mol. The molecule has 2 aromatic carbocycles. The van der Waals surface area contributed by atoms with E-state index in [1.54, 1.807) is 18.2 Å². The minimum atomic E-state index is -3.77. The van der Waals surface area contributed by atoms with E-state index in [1.165, 1.54) is 32.3 Å². The van der Waals surface area contributed by atoms with Gasteiger partial charge >= 0.3 is 5.97 Å². The number of benzene rings is 2. The number of nitrogens with zero attached hydrogens (tertiary/aromatic N) is 1. The van der Waals surface area contributed by atoms with Crippen LogP contribution in [0.25, 0.3) is 0 Å². The van der Waals surface area contributed by atoms with Gasteiger partial charge in [0.15, 0.2) is 6.61 Å². The molecule has 28 heavy (non-hydrogen) atoms. The Hall–Kier alpha value is -2.42. The molecule has 1 N–H and O–H groups in total. The van der Waals surface area contributed by atoms with Gasteiger partial charge in [-0.15, -0.1) is 0 Å². The van der Waals surface area contributed by atoms with Crippen LogP contribution in [0.3, 0.4) is 0 Å². The second-order valence-corrected chi connectivity index (χ2v) is 8.88. The minimum Gasteiger partial charge on any atom is -0.452 e. The van der Waals surface area contributed by atoms with Gasteiger partial charge in [0, 0.05) is 19.8 Å². The van der Waals surface area contributed by atoms with Crippen molar-refractivity contribution in [2.24, 2.45) is 0 Å². The zero-order valence-electron chi connectivity index (χ0n) is 15.9. The zero-order valence-corrected chi connectivity index (χ0v) is 17.5. The summed E-state index contributed by atoms with van der Waals surface area (Å²) in [4.78, 5) is 24.0. The Morgan fingerprint density at radius 1 is 1.07 bits per heavy atom. The molecule has 0 fully saturated rings. The molecule has 0 aliphatic rings. The molecule has 150 valence electrons. The highest BCUT2D eigenvalue weighted by molar-refractivity contribution is 7.89. The largest absolute Gasteiger partial charge is 0.452 e. The first-order valence-corrected chi connectivity index (χ1v) is 10.1. The number of anilines is 1. The lowest BCUT2D eigenvalue weighted by atomic mass is 10.1. The average molecular weight is 425 g/mol. The van der Waals surface area contributed by atoms with Gasteiger partial charge in [-0.2, -0.15) is 0 Å². The number of halogens is 1. The van der Waals surface area contributed by atoms with E-state index in [4.69, 9.17) is 16.3 Å². The Labute approximate surface area is 169 Å². The molecule has 1 amide bonds. The summed E-state index contributed by atoms with van der Waals surface area (Å²) in [7, 11) is -1.01. The van der Waals surface area contributed by atoms with Crippen LogP contribution in [0.1, 0.15) is 21.5 Å². The number of rotatable bonds is 6. The van der Waals surface area contributed by atoms with E-state index in [-0.39, 0.29) is 15.6 Å². The molecule has 7 nitrogen and oxygen atoms in total. The summed E-state index contributed by atoms with van der Waals surface area (Å²) < 4.78 is 30.6. The second kappa shape index (κ2) is 8.72. The van der Waals surface area contributed by atoms with Gasteiger partial charge in [0.25, 0.3) is 5.91 Å². The van der Waals surface area contributed by atoms with Gasteiger partial charge < -0.3 is 10.1 Å². The smallest absolute Gasteiger partial charge is 0.338 e. The number of aryl methyl sites for hydroxylation is 2. The number of ether oxygens (including phenoxy) is 1. The van der Waals surface area contributed by atoms with Crippen LogP contribution in [0.5, 0.6) is 0 Å². The fraction of sp³-hybridized carbons (Fsp3) is 0.263. The molecule has 0 saturated carbocycles. The lowest BCUT2D eigenvalue weighted by Gasteiger charge is -2.14. The predicted molar refractivity (Wildman–Crippen MR) is 107 cm³/mol. The molecule has 0 saturated heterocycles. The van der Waals surface area contributed by atoms with Gasteiger partial charge in [-0.3, -0.25) is 4.79 Å². The number of sulfonamides is 1. The Morgan fingerprint density at radius 2 is 1.75 bits per heavy atom. The van der Waals surface area contributed by atoms with Crippen molar-refractivity contribution in [1.29, 1.82) is 0 Å². The van der Waals surface area contributed by atoms with Crippen molar-refractivity contribution in [3.63, 3.8) is 0 Å². The summed E-state index contributed by atoms with van der Waals surface area (Å²) in [5.41, 5.74) is 2.55. The van der Waals surface area contributed by atoms with Crippen LogP contribution in [0.2, 0.25) is 5.02 Å². The lowest BCUT2D eigenvalue weighted by molar-refractivity contribution is -0.119. The van der Waals surface area contributed by atoms with E-state index in [2.05, 4.69) is 5.32 Å². The van der Waals surface area contributed by atoms with Gasteiger partial charge in [-0.05, 0) is 55.3 Å². The quantitative estimate of drug-likeness (QED) is 0.719. The van der Waals surface area contributed by atoms with Gasteiger partial charge in [0.2, 0.25) is 10.0 Å². The summed E-state index contributed by atoms with van der Waals surface area (Å²) in [6, 6.07) is 9.19. The van der Waals surface area contributed by atoms with E-state index < -0.39 is 28.5 Å². The summed E-state index contributed by atoms with van der Waals surface area (Å²) in [6.07, 6.45) is 0. The highest BCUT2D eigenvalue weighted by atomic mass is 35.5. The third-order valence-electron chi connectivity index (χ3n) is 4.05. The van der Waals surface area contributed by atoms with Gasteiger partial charge in [-0.1, -0.05) is 17.7 Å². The lowest BCUT2D eigenvalue weighted by Crippen LogP contribution is -2.23. The van der Waals surface area contributed by atoms with Gasteiger partial charge in [0.05, 0.1) is 10.6 Å². The zero-order chi connectivity index (χ0) is 21.1. The van der Waals surface area contributed by atoms with Crippen LogP contribution in [0.4, 0.5) is 5.69 Å². The highest BCUT2D eigenvalue weighted by Gasteiger charge is 2.21. The molecule has 0 aliphatic carbocycles. The van der Waals surface area contributed by atoms with Crippen molar-refractivity contribution in [2.75, 3.05) is 26.0 Å². The molecule has 2 rings (SSSR count). The summed E-state index contributed by atoms with van der Waals surface area (Å²) in [5, 5.41) is 2.53. The summed E-state index contributed by atoms with van der Waals surface area (Å²) in [6.45, 7) is 3.29. The monoisotopic (exact) mass is 424 g/mol. The number of amides is 1. The van der Waals surface area contributed by atoms with E-state index in [1.807, 2.05) is 13.8 Å². The Morgan fingerprint density at radius 3 is 2.36 bits per heavy atom. The second-order valence-electron chi connectivity index (χ2n) is 6.36. The number of hydrogen-bond acceptors (Lipinski definition) is 5. The number of carbonyl (C=O) groups excluding carboxylic acids is 2. The van der Waals surface area contributed by atoms with E-state index >= 15 is 0 Å². The molecule has 2 aromatic rings. The Kier molecular flexibility index (Phi) is 6.82. The van der Waals surface area contributed by atoms with Crippen molar-refractivity contribution < 1.29 is 22.7 Å². The fourth-order valence-electron chi connectivity index (χ4n) is 2.26. The minimum absolute atomic E-state index is 0.0351. The summed E-state index contributed by atoms with van der Waals surface area (Å²) in [5.74, 6) is -1.22. The number of nitrogens with one attached hydrogen (secondary N) is 1. The maximum atomic E-state index is 12.3. The average Bonchev–Trinajstić information content (AvgIpc) is 2.63. The molecule has 0 bridgehead atoms. The SMILES string of the molecule is Cc1ccc(C(=O)OCC(=O)Nc2ccc(Cl)c(S(=O)(=O)N(C)C)c2)cc1C. The van der Waals surface area contributed by atoms with Crippen LogP contribution in [0, 0.1) is 13.8 Å². The van der Waals surface area contributed by atoms with Crippen LogP contribution < -0.4 is 5.32 Å². The van der Waals surface area contributed by atoms with Crippen LogP contribution in [-0.2, 0) is 19.6 Å². The standard InChI is InChI=1S/C19H21ClN2O5S/c1-12-5-6-14(9-13(12)2)19(24)27-11-18(23)21-15-7-8-16(20)17(10-15)28(25,26)22(3)4/h5-10H,11H2,1-4H3,(H,21,23). The van der Waals surface area contributed by atoms with Crippen LogP contribution in [0.15, 0.2) is 41.3 Å². The molecule has 0 unspecified atom stereocenters. The van der Waals surface area contributed by atoms with E-state index in [0.717, 1.165) is 15.4 Å². The Bertz CT molecular complexity index is 1020. The molecule has 0 radical (unpaired) electrons. The molecule has 0 aromatic heterocycles. The molecular formula is C19H21ClN2O5S. The molecule has 0 heterocycles. The van der Waals surface area contributed by atoms with Crippen LogP contribution in [-0.4, -0.2) is 45.3 Å². The topological polar surface area (TPSA) is 92.8 Å². The molecule has 0 atom stereocenters. The van der Waals surface area contributed by atoms with Gasteiger partial charge in [0.1, 0.15) is 4.90 Å². The first kappa shape index (κ1) is 21.9. The summed E-state index contributed by atoms with van der Waals surface area (Å²) >= 11 is 5.97. The number of esters is 1. The maximum absolute atomic E-state index is 12.3. The first-order valence-electron chi connectivity index (χ1n) is 8.28. The van der Waals surface area contributed by atoms with Gasteiger partial charge in [-0.25, -0.2) is 17.5 Å². The van der Waals surface area contributed by atoms with E-state index in [9.17, 15) is 18.0 Å². The third-order valence-corrected chi connectivity index (χ3v) is 6.35. The fourth-order valence-corrected chi connectivity index (χ4v) is 3.65. The maximum Gasteiger partial charge on any atom is 0.338 e. The molecule has 9 heteroatoms.